The van der Waals surface area contributed by atoms with E-state index in [1.807, 2.05) is 50.2 Å². The zero-order valence-corrected chi connectivity index (χ0v) is 14.4. The molecule has 2 aromatic carbocycles. The van der Waals surface area contributed by atoms with Crippen LogP contribution < -0.4 is 10.1 Å². The van der Waals surface area contributed by atoms with Gasteiger partial charge >= 0.3 is 5.97 Å². The van der Waals surface area contributed by atoms with Crippen LogP contribution in [0.5, 0.6) is 5.75 Å². The summed E-state index contributed by atoms with van der Waals surface area (Å²) in [5.41, 5.74) is 1.85. The van der Waals surface area contributed by atoms with E-state index < -0.39 is 5.97 Å². The van der Waals surface area contributed by atoms with Gasteiger partial charge in [-0.25, -0.2) is 4.79 Å². The fourth-order valence-corrected chi connectivity index (χ4v) is 2.69. The number of aliphatic carboxylic acids is 1. The van der Waals surface area contributed by atoms with Crippen molar-refractivity contribution in [3.05, 3.63) is 65.7 Å². The lowest BCUT2D eigenvalue weighted by Gasteiger charge is -2.21. The van der Waals surface area contributed by atoms with Gasteiger partial charge in [-0.3, -0.25) is 4.79 Å². The molecule has 0 aliphatic carbocycles. The highest BCUT2D eigenvalue weighted by molar-refractivity contribution is 5.83. The van der Waals surface area contributed by atoms with Crippen LogP contribution in [0.3, 0.4) is 0 Å². The van der Waals surface area contributed by atoms with Crippen LogP contribution in [0.1, 0.15) is 30.9 Å². The van der Waals surface area contributed by atoms with E-state index in [4.69, 9.17) is 9.84 Å². The molecule has 0 saturated heterocycles. The van der Waals surface area contributed by atoms with E-state index >= 15 is 0 Å². The van der Waals surface area contributed by atoms with Crippen LogP contribution in [-0.4, -0.2) is 23.6 Å². The molecule has 132 valence electrons. The van der Waals surface area contributed by atoms with E-state index in [-0.39, 0.29) is 24.3 Å². The number of ether oxygens (including phenoxy) is 1. The first-order valence-corrected chi connectivity index (χ1v) is 8.23. The van der Waals surface area contributed by atoms with Gasteiger partial charge in [-0.2, -0.15) is 0 Å². The first-order chi connectivity index (χ1) is 12.0. The van der Waals surface area contributed by atoms with Gasteiger partial charge < -0.3 is 15.2 Å². The monoisotopic (exact) mass is 341 g/mol. The summed E-state index contributed by atoms with van der Waals surface area (Å²) in [6, 6.07) is 16.8. The third-order valence-electron chi connectivity index (χ3n) is 3.84. The highest BCUT2D eigenvalue weighted by Crippen LogP contribution is 2.24. The number of amides is 1. The average Bonchev–Trinajstić information content (AvgIpc) is 2.59. The fraction of sp³-hybridized carbons (Fsp3) is 0.300. The molecule has 1 unspecified atom stereocenters. The van der Waals surface area contributed by atoms with E-state index in [2.05, 4.69) is 5.32 Å². The Morgan fingerprint density at radius 1 is 1.08 bits per heavy atom. The number of hydrogen-bond acceptors (Lipinski definition) is 3. The Morgan fingerprint density at radius 3 is 2.44 bits per heavy atom. The minimum absolute atomic E-state index is 0.0296. The highest BCUT2D eigenvalue weighted by Gasteiger charge is 2.23. The van der Waals surface area contributed by atoms with Crippen LogP contribution >= 0.6 is 0 Å². The molecule has 0 fully saturated rings. The molecule has 0 spiro atoms. The van der Waals surface area contributed by atoms with Gasteiger partial charge in [0.15, 0.2) is 6.61 Å². The lowest BCUT2D eigenvalue weighted by Crippen LogP contribution is -2.31. The summed E-state index contributed by atoms with van der Waals surface area (Å²) >= 11 is 0. The number of carboxylic acids is 1. The standard InChI is InChI=1S/C20H23NO4/c1-14(2)19(16-8-4-3-5-9-16)20(24)21-12-15-7-6-10-17(11-15)25-13-18(22)23/h3-11,14,19H,12-13H2,1-2H3,(H,21,24)(H,22,23). The number of carbonyl (C=O) groups is 2. The summed E-state index contributed by atoms with van der Waals surface area (Å²) in [6.07, 6.45) is 0. The number of hydrogen-bond donors (Lipinski definition) is 2. The van der Waals surface area contributed by atoms with Crippen LogP contribution in [-0.2, 0) is 16.1 Å². The molecule has 5 heteroatoms. The van der Waals surface area contributed by atoms with Crippen molar-refractivity contribution in [3.63, 3.8) is 0 Å². The maximum absolute atomic E-state index is 12.6. The Hall–Kier alpha value is -2.82. The van der Waals surface area contributed by atoms with Gasteiger partial charge in [-0.1, -0.05) is 56.3 Å². The predicted octanol–water partition coefficient (Wildman–Crippen LogP) is 3.21. The second kappa shape index (κ2) is 8.87. The van der Waals surface area contributed by atoms with Crippen molar-refractivity contribution in [2.75, 3.05) is 6.61 Å². The lowest BCUT2D eigenvalue weighted by atomic mass is 9.87. The third kappa shape index (κ3) is 5.64. The van der Waals surface area contributed by atoms with E-state index in [1.165, 1.54) is 0 Å². The Balaban J connectivity index is 2.00. The van der Waals surface area contributed by atoms with Gasteiger partial charge in [0.05, 0.1) is 5.92 Å². The molecular formula is C20H23NO4. The maximum atomic E-state index is 12.6. The molecule has 0 aliphatic rings. The molecule has 25 heavy (non-hydrogen) atoms. The predicted molar refractivity (Wildman–Crippen MR) is 95.4 cm³/mol. The minimum atomic E-state index is -1.03. The van der Waals surface area contributed by atoms with Crippen molar-refractivity contribution in [1.82, 2.24) is 5.32 Å². The first kappa shape index (κ1) is 18.5. The number of benzene rings is 2. The number of rotatable bonds is 8. The zero-order chi connectivity index (χ0) is 18.2. The van der Waals surface area contributed by atoms with Crippen molar-refractivity contribution < 1.29 is 19.4 Å². The quantitative estimate of drug-likeness (QED) is 0.773. The van der Waals surface area contributed by atoms with Crippen LogP contribution in [0.2, 0.25) is 0 Å². The van der Waals surface area contributed by atoms with Crippen LogP contribution in [0.15, 0.2) is 54.6 Å². The molecule has 0 aromatic heterocycles. The Labute approximate surface area is 147 Å². The third-order valence-corrected chi connectivity index (χ3v) is 3.84. The van der Waals surface area contributed by atoms with Gasteiger partial charge in [0, 0.05) is 6.54 Å². The summed E-state index contributed by atoms with van der Waals surface area (Å²) in [4.78, 5) is 23.2. The summed E-state index contributed by atoms with van der Waals surface area (Å²) in [7, 11) is 0. The van der Waals surface area contributed by atoms with Crippen molar-refractivity contribution in [1.29, 1.82) is 0 Å². The van der Waals surface area contributed by atoms with Crippen LogP contribution in [0.25, 0.3) is 0 Å². The normalized spacial score (nSPS) is 11.8. The minimum Gasteiger partial charge on any atom is -0.482 e. The fourth-order valence-electron chi connectivity index (χ4n) is 2.69. The van der Waals surface area contributed by atoms with Gasteiger partial charge in [-0.15, -0.1) is 0 Å². The van der Waals surface area contributed by atoms with Crippen molar-refractivity contribution >= 4 is 11.9 Å². The number of carbonyl (C=O) groups excluding carboxylic acids is 1. The average molecular weight is 341 g/mol. The van der Waals surface area contributed by atoms with Crippen LogP contribution in [0.4, 0.5) is 0 Å². The molecule has 1 amide bonds. The summed E-state index contributed by atoms with van der Waals surface area (Å²) in [5, 5.41) is 11.6. The second-order valence-electron chi connectivity index (χ2n) is 6.18. The van der Waals surface area contributed by atoms with Gasteiger partial charge in [0.1, 0.15) is 5.75 Å². The lowest BCUT2D eigenvalue weighted by molar-refractivity contribution is -0.139. The Kier molecular flexibility index (Phi) is 6.57. The largest absolute Gasteiger partial charge is 0.482 e. The molecule has 0 aliphatic heterocycles. The van der Waals surface area contributed by atoms with E-state index in [0.29, 0.717) is 12.3 Å². The SMILES string of the molecule is CC(C)C(C(=O)NCc1cccc(OCC(=O)O)c1)c1ccccc1. The van der Waals surface area contributed by atoms with E-state index in [9.17, 15) is 9.59 Å². The second-order valence-corrected chi connectivity index (χ2v) is 6.18. The van der Waals surface area contributed by atoms with Crippen molar-refractivity contribution in [3.8, 4) is 5.75 Å². The molecule has 0 saturated carbocycles. The Morgan fingerprint density at radius 2 is 1.80 bits per heavy atom. The van der Waals surface area contributed by atoms with Crippen molar-refractivity contribution in [2.24, 2.45) is 5.92 Å². The molecular weight excluding hydrogens is 318 g/mol. The summed E-state index contributed by atoms with van der Waals surface area (Å²) in [5.74, 6) is -0.628. The molecule has 0 heterocycles. The zero-order valence-electron chi connectivity index (χ0n) is 14.4. The summed E-state index contributed by atoms with van der Waals surface area (Å²) in [6.45, 7) is 4.02. The molecule has 0 bridgehead atoms. The molecule has 2 N–H and O–H groups in total. The van der Waals surface area contributed by atoms with E-state index in [1.54, 1.807) is 18.2 Å². The highest BCUT2D eigenvalue weighted by atomic mass is 16.5. The number of nitrogens with one attached hydrogen (secondary N) is 1. The van der Waals surface area contributed by atoms with Gasteiger partial charge in [-0.05, 0) is 29.2 Å². The smallest absolute Gasteiger partial charge is 0.341 e. The van der Waals surface area contributed by atoms with Crippen LogP contribution in [0, 0.1) is 5.92 Å². The molecule has 2 rings (SSSR count). The summed E-state index contributed by atoms with van der Waals surface area (Å²) < 4.78 is 5.16. The van der Waals surface area contributed by atoms with Gasteiger partial charge in [0.2, 0.25) is 5.91 Å². The molecule has 0 radical (unpaired) electrons. The van der Waals surface area contributed by atoms with Crippen molar-refractivity contribution in [2.45, 2.75) is 26.3 Å². The molecule has 5 nitrogen and oxygen atoms in total. The number of carboxylic acid groups (broad SMARTS) is 1. The van der Waals surface area contributed by atoms with Gasteiger partial charge in [0.25, 0.3) is 0 Å². The first-order valence-electron chi connectivity index (χ1n) is 8.23. The maximum Gasteiger partial charge on any atom is 0.341 e. The topological polar surface area (TPSA) is 75.6 Å². The Bertz CT molecular complexity index is 713. The molecule has 2 aromatic rings. The molecule has 1 atom stereocenters. The van der Waals surface area contributed by atoms with E-state index in [0.717, 1.165) is 11.1 Å².